The van der Waals surface area contributed by atoms with Crippen molar-refractivity contribution >= 4 is 34.8 Å². The number of hydrogen-bond donors (Lipinski definition) is 1. The Labute approximate surface area is 159 Å². The summed E-state index contributed by atoms with van der Waals surface area (Å²) < 4.78 is 18.6. The summed E-state index contributed by atoms with van der Waals surface area (Å²) in [6.45, 7) is 3.12. The summed E-state index contributed by atoms with van der Waals surface area (Å²) in [5.41, 5.74) is 0.216. The summed E-state index contributed by atoms with van der Waals surface area (Å²) in [5.74, 6) is -1.57. The van der Waals surface area contributed by atoms with Gasteiger partial charge in [-0.25, -0.2) is 4.39 Å². The van der Waals surface area contributed by atoms with Crippen LogP contribution >= 0.6 is 23.2 Å². The van der Waals surface area contributed by atoms with Gasteiger partial charge in [-0.2, -0.15) is 0 Å². The quantitative estimate of drug-likeness (QED) is 0.563. The van der Waals surface area contributed by atoms with Gasteiger partial charge in [0, 0.05) is 22.2 Å². The van der Waals surface area contributed by atoms with Gasteiger partial charge in [0.15, 0.2) is 6.10 Å². The molecule has 0 saturated heterocycles. The highest BCUT2D eigenvalue weighted by Gasteiger charge is 2.23. The fraction of sp³-hybridized carbons (Fsp3) is 0.235. The van der Waals surface area contributed by atoms with Gasteiger partial charge in [0.05, 0.1) is 11.0 Å². The number of nitro groups is 1. The van der Waals surface area contributed by atoms with Crippen molar-refractivity contribution in [1.29, 1.82) is 0 Å². The van der Waals surface area contributed by atoms with E-state index < -0.39 is 34.5 Å². The molecule has 0 unspecified atom stereocenters. The molecular formula is C17H15Cl2FN2O4. The second kappa shape index (κ2) is 8.33. The zero-order valence-electron chi connectivity index (χ0n) is 13.8. The van der Waals surface area contributed by atoms with Gasteiger partial charge in [-0.3, -0.25) is 14.9 Å². The summed E-state index contributed by atoms with van der Waals surface area (Å²) in [6, 6.07) is 7.20. The predicted octanol–water partition coefficient (Wildman–Crippen LogP) is 4.69. The maximum Gasteiger partial charge on any atom is 0.311 e. The number of amides is 1. The molecule has 0 bridgehead atoms. The zero-order valence-corrected chi connectivity index (χ0v) is 15.3. The van der Waals surface area contributed by atoms with Crippen LogP contribution < -0.4 is 10.1 Å². The third-order valence-corrected chi connectivity index (χ3v) is 4.14. The maximum atomic E-state index is 13.3. The second-order valence-electron chi connectivity index (χ2n) is 5.53. The Morgan fingerprint density at radius 3 is 2.54 bits per heavy atom. The van der Waals surface area contributed by atoms with Gasteiger partial charge in [0.25, 0.3) is 5.91 Å². The number of halogens is 3. The van der Waals surface area contributed by atoms with Gasteiger partial charge < -0.3 is 10.1 Å². The Morgan fingerprint density at radius 2 is 1.92 bits per heavy atom. The molecule has 9 heteroatoms. The molecule has 0 saturated carbocycles. The minimum atomic E-state index is -1.09. The van der Waals surface area contributed by atoms with Crippen LogP contribution in [0.5, 0.6) is 5.75 Å². The van der Waals surface area contributed by atoms with E-state index in [-0.39, 0.29) is 5.75 Å². The number of ether oxygens (including phenoxy) is 1. The predicted molar refractivity (Wildman–Crippen MR) is 96.2 cm³/mol. The Balaban J connectivity index is 2.10. The van der Waals surface area contributed by atoms with E-state index in [1.807, 2.05) is 0 Å². The SMILES string of the molecule is C[C@H](Oc1cc(F)ccc1[N+](=O)[O-])C(=O)N[C@H](C)c1ccc(Cl)cc1Cl. The summed E-state index contributed by atoms with van der Waals surface area (Å²) in [5, 5.41) is 14.5. The van der Waals surface area contributed by atoms with E-state index in [9.17, 15) is 19.3 Å². The molecule has 0 fully saturated rings. The highest BCUT2D eigenvalue weighted by atomic mass is 35.5. The number of carbonyl (C=O) groups is 1. The average Bonchev–Trinajstić information content (AvgIpc) is 2.54. The van der Waals surface area contributed by atoms with Crippen molar-refractivity contribution in [1.82, 2.24) is 5.32 Å². The lowest BCUT2D eigenvalue weighted by molar-refractivity contribution is -0.386. The first-order valence-electron chi connectivity index (χ1n) is 7.55. The number of nitro benzene ring substituents is 1. The van der Waals surface area contributed by atoms with E-state index in [1.165, 1.54) is 6.92 Å². The molecule has 0 heterocycles. The largest absolute Gasteiger partial charge is 0.474 e. The zero-order chi connectivity index (χ0) is 19.4. The van der Waals surface area contributed by atoms with Gasteiger partial charge in [-0.05, 0) is 37.6 Å². The van der Waals surface area contributed by atoms with Crippen LogP contribution in [0.25, 0.3) is 0 Å². The molecule has 6 nitrogen and oxygen atoms in total. The molecule has 0 aliphatic rings. The lowest BCUT2D eigenvalue weighted by Gasteiger charge is -2.20. The smallest absolute Gasteiger partial charge is 0.311 e. The molecule has 2 aromatic rings. The summed E-state index contributed by atoms with van der Waals surface area (Å²) in [7, 11) is 0. The lowest BCUT2D eigenvalue weighted by atomic mass is 10.1. The lowest BCUT2D eigenvalue weighted by Crippen LogP contribution is -2.38. The molecule has 2 atom stereocenters. The van der Waals surface area contributed by atoms with Gasteiger partial charge in [-0.15, -0.1) is 0 Å². The van der Waals surface area contributed by atoms with E-state index in [0.717, 1.165) is 18.2 Å². The second-order valence-corrected chi connectivity index (χ2v) is 6.37. The highest BCUT2D eigenvalue weighted by molar-refractivity contribution is 6.35. The third kappa shape index (κ3) is 4.83. The van der Waals surface area contributed by atoms with Crippen LogP contribution in [0.1, 0.15) is 25.5 Å². The van der Waals surface area contributed by atoms with Crippen LogP contribution in [-0.2, 0) is 4.79 Å². The van der Waals surface area contributed by atoms with Crippen molar-refractivity contribution in [3.63, 3.8) is 0 Å². The summed E-state index contributed by atoms with van der Waals surface area (Å²) >= 11 is 12.0. The molecule has 1 N–H and O–H groups in total. The molecule has 2 aromatic carbocycles. The Bertz CT molecular complexity index is 848. The topological polar surface area (TPSA) is 81.5 Å². The molecule has 2 rings (SSSR count). The van der Waals surface area contributed by atoms with Gasteiger partial charge in [0.2, 0.25) is 5.75 Å². The van der Waals surface area contributed by atoms with E-state index in [0.29, 0.717) is 15.6 Å². The van der Waals surface area contributed by atoms with E-state index >= 15 is 0 Å². The fourth-order valence-corrected chi connectivity index (χ4v) is 2.81. The third-order valence-electron chi connectivity index (χ3n) is 3.58. The minimum absolute atomic E-state index is 0.324. The van der Waals surface area contributed by atoms with E-state index in [2.05, 4.69) is 5.32 Å². The van der Waals surface area contributed by atoms with Crippen molar-refractivity contribution in [2.45, 2.75) is 26.0 Å². The van der Waals surface area contributed by atoms with Crippen LogP contribution in [0.4, 0.5) is 10.1 Å². The van der Waals surface area contributed by atoms with Crippen LogP contribution in [0.3, 0.4) is 0 Å². The van der Waals surface area contributed by atoms with Crippen molar-refractivity contribution in [2.24, 2.45) is 0 Å². The molecule has 0 aliphatic heterocycles. The monoisotopic (exact) mass is 400 g/mol. The molecule has 1 amide bonds. The molecule has 0 aromatic heterocycles. The fourth-order valence-electron chi connectivity index (χ4n) is 2.24. The first-order valence-corrected chi connectivity index (χ1v) is 8.30. The first-order chi connectivity index (χ1) is 12.2. The summed E-state index contributed by atoms with van der Waals surface area (Å²) in [6.07, 6.45) is -1.09. The van der Waals surface area contributed by atoms with Gasteiger partial charge in [-0.1, -0.05) is 29.3 Å². The van der Waals surface area contributed by atoms with Crippen molar-refractivity contribution < 1.29 is 18.8 Å². The number of benzene rings is 2. The Morgan fingerprint density at radius 1 is 1.23 bits per heavy atom. The van der Waals surface area contributed by atoms with Crippen LogP contribution in [-0.4, -0.2) is 16.9 Å². The van der Waals surface area contributed by atoms with Crippen LogP contribution in [0, 0.1) is 15.9 Å². The molecule has 0 aliphatic carbocycles. The van der Waals surface area contributed by atoms with E-state index in [1.54, 1.807) is 25.1 Å². The van der Waals surface area contributed by atoms with Crippen LogP contribution in [0.2, 0.25) is 10.0 Å². The Hall–Kier alpha value is -2.38. The maximum absolute atomic E-state index is 13.3. The van der Waals surface area contributed by atoms with E-state index in [4.69, 9.17) is 27.9 Å². The Kier molecular flexibility index (Phi) is 6.39. The minimum Gasteiger partial charge on any atom is -0.474 e. The van der Waals surface area contributed by atoms with Crippen molar-refractivity contribution in [3.05, 3.63) is 67.9 Å². The number of nitrogens with zero attached hydrogens (tertiary/aromatic N) is 1. The van der Waals surface area contributed by atoms with Crippen molar-refractivity contribution in [3.8, 4) is 5.75 Å². The number of hydrogen-bond acceptors (Lipinski definition) is 4. The molecule has 0 spiro atoms. The van der Waals surface area contributed by atoms with Crippen LogP contribution in [0.15, 0.2) is 36.4 Å². The molecule has 138 valence electrons. The van der Waals surface area contributed by atoms with Gasteiger partial charge >= 0.3 is 5.69 Å². The van der Waals surface area contributed by atoms with Gasteiger partial charge in [0.1, 0.15) is 5.82 Å². The first kappa shape index (κ1) is 19.9. The molecule has 0 radical (unpaired) electrons. The molecule has 26 heavy (non-hydrogen) atoms. The molecular weight excluding hydrogens is 386 g/mol. The standard InChI is InChI=1S/C17H15Cl2FN2O4/c1-9(13-5-3-11(18)7-14(13)19)21-17(23)10(2)26-16-8-12(20)4-6-15(16)22(24)25/h3-10H,1-2H3,(H,21,23)/t9-,10+/m1/s1. The van der Waals surface area contributed by atoms with Crippen molar-refractivity contribution in [2.75, 3.05) is 0 Å². The number of rotatable bonds is 6. The average molecular weight is 401 g/mol. The summed E-state index contributed by atoms with van der Waals surface area (Å²) in [4.78, 5) is 22.6. The number of carbonyl (C=O) groups excluding carboxylic acids is 1. The highest BCUT2D eigenvalue weighted by Crippen LogP contribution is 2.29. The number of nitrogens with one attached hydrogen (secondary N) is 1. The normalized spacial score (nSPS) is 13.0.